The van der Waals surface area contributed by atoms with Crippen molar-refractivity contribution in [2.75, 3.05) is 7.05 Å². The van der Waals surface area contributed by atoms with Crippen LogP contribution in [0.15, 0.2) is 30.0 Å². The Kier molecular flexibility index (Phi) is 3.99. The summed E-state index contributed by atoms with van der Waals surface area (Å²) in [5, 5.41) is 10.8. The summed E-state index contributed by atoms with van der Waals surface area (Å²) in [6, 6.07) is 1.81. The van der Waals surface area contributed by atoms with Gasteiger partial charge in [0, 0.05) is 29.1 Å². The molecule has 128 valence electrons. The Morgan fingerprint density at radius 2 is 2.25 bits per heavy atom. The third-order valence-electron chi connectivity index (χ3n) is 5.01. The van der Waals surface area contributed by atoms with Crippen LogP contribution >= 0.6 is 11.3 Å². The van der Waals surface area contributed by atoms with Gasteiger partial charge in [0.25, 0.3) is 0 Å². The van der Waals surface area contributed by atoms with E-state index in [-0.39, 0.29) is 22.9 Å². The van der Waals surface area contributed by atoms with Crippen LogP contribution in [0.1, 0.15) is 36.6 Å². The summed E-state index contributed by atoms with van der Waals surface area (Å²) in [6.45, 7) is 3.65. The molecule has 2 aliphatic rings. The molecule has 1 fully saturated rings. The summed E-state index contributed by atoms with van der Waals surface area (Å²) in [7, 11) is 1.57. The first-order valence-electron chi connectivity index (χ1n) is 7.81. The number of nitrogens with one attached hydrogen (secondary N) is 2. The molecule has 1 aromatic heterocycles. The fourth-order valence-electron chi connectivity index (χ4n) is 3.17. The second-order valence-corrected chi connectivity index (χ2v) is 7.57. The first-order chi connectivity index (χ1) is 11.2. The molecule has 1 unspecified atom stereocenters. The van der Waals surface area contributed by atoms with E-state index < -0.39 is 11.5 Å². The van der Waals surface area contributed by atoms with Gasteiger partial charge in [-0.05, 0) is 25.5 Å². The predicted octanol–water partition coefficient (Wildman–Crippen LogP) is 2.62. The van der Waals surface area contributed by atoms with E-state index in [0.717, 1.165) is 21.9 Å². The minimum Gasteiger partial charge on any atom is -0.402 e. The van der Waals surface area contributed by atoms with Crippen molar-refractivity contribution in [2.45, 2.75) is 31.7 Å². The molecule has 1 aliphatic carbocycles. The number of allylic oxidation sites excluding steroid dienone is 4. The Hall–Kier alpha value is -2.15. The molecule has 3 atom stereocenters. The molecule has 0 saturated carbocycles. The van der Waals surface area contributed by atoms with E-state index in [9.17, 15) is 9.18 Å². The van der Waals surface area contributed by atoms with E-state index in [1.54, 1.807) is 14.0 Å². The number of nitrogens with two attached hydrogens (primary N) is 1. The highest BCUT2D eigenvalue weighted by Gasteiger charge is 2.46. The Morgan fingerprint density at radius 1 is 1.54 bits per heavy atom. The molecule has 7 heteroatoms. The van der Waals surface area contributed by atoms with Crippen LogP contribution < -0.4 is 11.1 Å². The van der Waals surface area contributed by atoms with Crippen molar-refractivity contribution in [1.29, 1.82) is 5.41 Å². The number of rotatable bonds is 2. The highest BCUT2D eigenvalue weighted by atomic mass is 32.1. The van der Waals surface area contributed by atoms with Crippen LogP contribution in [0.4, 0.5) is 4.39 Å². The molecule has 0 aromatic carbocycles. The second-order valence-electron chi connectivity index (χ2n) is 6.57. The fraction of sp³-hybridized carbons (Fsp3) is 0.412. The van der Waals surface area contributed by atoms with Crippen LogP contribution in [0, 0.1) is 16.5 Å². The van der Waals surface area contributed by atoms with Gasteiger partial charge in [0.2, 0.25) is 5.91 Å². The molecule has 1 aromatic rings. The van der Waals surface area contributed by atoms with E-state index in [1.165, 1.54) is 4.90 Å². The number of nitrogens with zero attached hydrogens (tertiary/aromatic N) is 1. The zero-order valence-electron chi connectivity index (χ0n) is 13.9. The topological polar surface area (TPSA) is 82.2 Å². The largest absolute Gasteiger partial charge is 0.402 e. The molecular formula is C17H21FN4OS. The molecule has 0 bridgehead atoms. The van der Waals surface area contributed by atoms with Gasteiger partial charge in [0.15, 0.2) is 11.1 Å². The number of hydrogen-bond donors (Lipinski definition) is 3. The van der Waals surface area contributed by atoms with Crippen LogP contribution in [0.3, 0.4) is 0 Å². The van der Waals surface area contributed by atoms with Crippen LogP contribution in [0.25, 0.3) is 0 Å². The summed E-state index contributed by atoms with van der Waals surface area (Å²) in [4.78, 5) is 14.4. The summed E-state index contributed by atoms with van der Waals surface area (Å²) < 4.78 is 14.6. The number of carbonyl (C=O) groups is 1. The van der Waals surface area contributed by atoms with Crippen LogP contribution in [0.2, 0.25) is 0 Å². The molecule has 2 heterocycles. The molecule has 3 rings (SSSR count). The zero-order chi connectivity index (χ0) is 17.6. The van der Waals surface area contributed by atoms with Crippen LogP contribution in [0.5, 0.6) is 0 Å². The lowest BCUT2D eigenvalue weighted by Gasteiger charge is -2.43. The van der Waals surface area contributed by atoms with Crippen molar-refractivity contribution in [1.82, 2.24) is 10.2 Å². The Labute approximate surface area is 144 Å². The van der Waals surface area contributed by atoms with E-state index >= 15 is 0 Å². The van der Waals surface area contributed by atoms with Crippen molar-refractivity contribution < 1.29 is 9.18 Å². The molecule has 0 radical (unpaired) electrons. The molecule has 5 nitrogen and oxygen atoms in total. The quantitative estimate of drug-likeness (QED) is 0.768. The van der Waals surface area contributed by atoms with Crippen LogP contribution in [-0.2, 0) is 10.3 Å². The normalized spacial score (nSPS) is 30.3. The average Bonchev–Trinajstić information content (AvgIpc) is 2.93. The number of carbonyl (C=O) groups excluding carboxylic acids is 1. The van der Waals surface area contributed by atoms with Crippen molar-refractivity contribution in [3.05, 3.63) is 45.6 Å². The third-order valence-corrected chi connectivity index (χ3v) is 6.19. The fourth-order valence-corrected chi connectivity index (χ4v) is 4.32. The summed E-state index contributed by atoms with van der Waals surface area (Å²) in [6.07, 6.45) is 6.19. The van der Waals surface area contributed by atoms with E-state index in [4.69, 9.17) is 11.1 Å². The van der Waals surface area contributed by atoms with E-state index in [0.29, 0.717) is 12.0 Å². The predicted molar refractivity (Wildman–Crippen MR) is 93.2 cm³/mol. The Balaban J connectivity index is 1.97. The van der Waals surface area contributed by atoms with E-state index in [2.05, 4.69) is 5.32 Å². The maximum atomic E-state index is 14.6. The number of thiophene rings is 1. The molecule has 4 N–H and O–H groups in total. The summed E-state index contributed by atoms with van der Waals surface area (Å²) in [5.41, 5.74) is 6.38. The standard InChI is InChI=1S/C17H21FN4OS/c1-9-15(23)22(3)16(20)21-17(9,2)13-8-12(14(18)24-13)10-5-4-6-11(19)7-10/h4-6,8-10H,7,19H2,1-3H3,(H2,20,21)/t9-,10?,17+/m1/s1. The highest BCUT2D eigenvalue weighted by Crippen LogP contribution is 2.41. The smallest absolute Gasteiger partial charge is 0.234 e. The van der Waals surface area contributed by atoms with Crippen molar-refractivity contribution >= 4 is 23.2 Å². The van der Waals surface area contributed by atoms with Gasteiger partial charge in [-0.1, -0.05) is 19.1 Å². The molecule has 1 amide bonds. The van der Waals surface area contributed by atoms with Gasteiger partial charge < -0.3 is 11.1 Å². The summed E-state index contributed by atoms with van der Waals surface area (Å²) in [5.74, 6) is -0.628. The van der Waals surface area contributed by atoms with Gasteiger partial charge in [-0.2, -0.15) is 4.39 Å². The van der Waals surface area contributed by atoms with E-state index in [1.807, 2.05) is 31.2 Å². The second kappa shape index (κ2) is 5.73. The van der Waals surface area contributed by atoms with Gasteiger partial charge in [0.05, 0.1) is 11.5 Å². The van der Waals surface area contributed by atoms with Crippen LogP contribution in [-0.4, -0.2) is 23.8 Å². The van der Waals surface area contributed by atoms with Gasteiger partial charge >= 0.3 is 0 Å². The first-order valence-corrected chi connectivity index (χ1v) is 8.62. The molecular weight excluding hydrogens is 327 g/mol. The molecule has 1 aliphatic heterocycles. The van der Waals surface area contributed by atoms with Gasteiger partial charge in [-0.3, -0.25) is 15.1 Å². The maximum Gasteiger partial charge on any atom is 0.234 e. The molecule has 0 spiro atoms. The number of halogens is 1. The SMILES string of the molecule is C[C@@H]1C(=O)N(C)C(=N)N[C@]1(C)c1cc(C2C=CC=C(N)C2)c(F)s1. The van der Waals surface area contributed by atoms with Gasteiger partial charge in [0.1, 0.15) is 0 Å². The third kappa shape index (κ3) is 2.53. The monoisotopic (exact) mass is 348 g/mol. The number of guanidine groups is 1. The molecule has 24 heavy (non-hydrogen) atoms. The zero-order valence-corrected chi connectivity index (χ0v) is 14.7. The Bertz CT molecular complexity index is 769. The van der Waals surface area contributed by atoms with Gasteiger partial charge in [-0.15, -0.1) is 11.3 Å². The van der Waals surface area contributed by atoms with Crippen molar-refractivity contribution in [3.63, 3.8) is 0 Å². The maximum absolute atomic E-state index is 14.6. The lowest BCUT2D eigenvalue weighted by atomic mass is 9.82. The average molecular weight is 348 g/mol. The minimum absolute atomic E-state index is 0.0284. The van der Waals surface area contributed by atoms with Crippen molar-refractivity contribution in [3.8, 4) is 0 Å². The van der Waals surface area contributed by atoms with Crippen molar-refractivity contribution in [2.24, 2.45) is 11.7 Å². The lowest BCUT2D eigenvalue weighted by molar-refractivity contribution is -0.134. The Morgan fingerprint density at radius 3 is 2.92 bits per heavy atom. The summed E-state index contributed by atoms with van der Waals surface area (Å²) >= 11 is 1.03. The first kappa shape index (κ1) is 16.7. The lowest BCUT2D eigenvalue weighted by Crippen LogP contribution is -2.62. The highest BCUT2D eigenvalue weighted by molar-refractivity contribution is 7.10. The number of hydrogen-bond acceptors (Lipinski definition) is 4. The number of amides is 1. The van der Waals surface area contributed by atoms with Gasteiger partial charge in [-0.25, -0.2) is 0 Å². The minimum atomic E-state index is -0.801. The molecule has 1 saturated heterocycles.